The van der Waals surface area contributed by atoms with E-state index in [9.17, 15) is 13.2 Å². The van der Waals surface area contributed by atoms with Gasteiger partial charge in [-0.25, -0.2) is 0 Å². The third-order valence-electron chi connectivity index (χ3n) is 3.52. The Labute approximate surface area is 125 Å². The zero-order valence-electron chi connectivity index (χ0n) is 12.3. The maximum atomic E-state index is 11.9. The van der Waals surface area contributed by atoms with E-state index in [4.69, 9.17) is 0 Å². The van der Waals surface area contributed by atoms with E-state index >= 15 is 0 Å². The van der Waals surface area contributed by atoms with Crippen LogP contribution < -0.4 is 4.72 Å². The number of likely N-dealkylation sites (tertiary alicyclic amines) is 1. The number of rotatable bonds is 6. The van der Waals surface area contributed by atoms with Crippen LogP contribution in [0.1, 0.15) is 12.0 Å². The predicted molar refractivity (Wildman–Crippen MR) is 80.9 cm³/mol. The molecule has 21 heavy (non-hydrogen) atoms. The SMILES string of the molecule is CN(C)S(=O)(=O)N[C@@H]1CC(=O)N(CCc2ccccc2)C1. The molecule has 0 bridgehead atoms. The molecule has 0 spiro atoms. The monoisotopic (exact) mass is 311 g/mol. The molecule has 1 saturated heterocycles. The number of benzene rings is 1. The van der Waals surface area contributed by atoms with Crippen molar-refractivity contribution in [1.29, 1.82) is 0 Å². The quantitative estimate of drug-likeness (QED) is 0.817. The summed E-state index contributed by atoms with van der Waals surface area (Å²) in [6.07, 6.45) is 1.00. The molecule has 0 aromatic heterocycles. The molecule has 6 nitrogen and oxygen atoms in total. The summed E-state index contributed by atoms with van der Waals surface area (Å²) in [5.41, 5.74) is 1.17. The number of carbonyl (C=O) groups is 1. The molecule has 2 rings (SSSR count). The normalized spacial score (nSPS) is 19.5. The maximum absolute atomic E-state index is 11.9. The Bertz CT molecular complexity index is 587. The van der Waals surface area contributed by atoms with Crippen LogP contribution in [0.4, 0.5) is 0 Å². The summed E-state index contributed by atoms with van der Waals surface area (Å²) in [5, 5.41) is 0. The van der Waals surface area contributed by atoms with Gasteiger partial charge in [0.15, 0.2) is 0 Å². The second-order valence-electron chi connectivity index (χ2n) is 5.38. The fourth-order valence-corrected chi connectivity index (χ4v) is 3.08. The topological polar surface area (TPSA) is 69.7 Å². The molecule has 1 atom stereocenters. The lowest BCUT2D eigenvalue weighted by Gasteiger charge is -2.18. The van der Waals surface area contributed by atoms with Crippen LogP contribution in [0.25, 0.3) is 0 Å². The van der Waals surface area contributed by atoms with Crippen molar-refractivity contribution in [2.24, 2.45) is 0 Å². The lowest BCUT2D eigenvalue weighted by molar-refractivity contribution is -0.127. The molecule has 1 aromatic carbocycles. The highest BCUT2D eigenvalue weighted by Crippen LogP contribution is 2.13. The van der Waals surface area contributed by atoms with Crippen molar-refractivity contribution in [2.45, 2.75) is 18.9 Å². The molecule has 1 fully saturated rings. The molecule has 1 N–H and O–H groups in total. The van der Waals surface area contributed by atoms with Crippen molar-refractivity contribution in [1.82, 2.24) is 13.9 Å². The molecule has 0 aliphatic carbocycles. The molecular weight excluding hydrogens is 290 g/mol. The Hall–Kier alpha value is -1.44. The van der Waals surface area contributed by atoms with Gasteiger partial charge in [0, 0.05) is 39.6 Å². The third-order valence-corrected chi connectivity index (χ3v) is 5.12. The fraction of sp³-hybridized carbons (Fsp3) is 0.500. The number of carbonyl (C=O) groups excluding carboxylic acids is 1. The first kappa shape index (κ1) is 15.9. The number of nitrogens with zero attached hydrogens (tertiary/aromatic N) is 2. The van der Waals surface area contributed by atoms with Crippen LogP contribution in [0.15, 0.2) is 30.3 Å². The molecule has 7 heteroatoms. The minimum absolute atomic E-state index is 0.00242. The van der Waals surface area contributed by atoms with Gasteiger partial charge in [-0.2, -0.15) is 17.4 Å². The molecule has 1 aromatic rings. The summed E-state index contributed by atoms with van der Waals surface area (Å²) >= 11 is 0. The Morgan fingerprint density at radius 1 is 1.29 bits per heavy atom. The lowest BCUT2D eigenvalue weighted by atomic mass is 10.1. The fourth-order valence-electron chi connectivity index (χ4n) is 2.29. The number of nitrogens with one attached hydrogen (secondary N) is 1. The van der Waals surface area contributed by atoms with Crippen molar-refractivity contribution in [2.75, 3.05) is 27.2 Å². The van der Waals surface area contributed by atoms with Crippen molar-refractivity contribution < 1.29 is 13.2 Å². The molecule has 1 aliphatic heterocycles. The first-order valence-corrected chi connectivity index (χ1v) is 8.34. The van der Waals surface area contributed by atoms with E-state index in [0.717, 1.165) is 10.7 Å². The van der Waals surface area contributed by atoms with Crippen molar-refractivity contribution in [3.05, 3.63) is 35.9 Å². The first-order chi connectivity index (χ1) is 9.88. The van der Waals surface area contributed by atoms with Gasteiger partial charge in [-0.05, 0) is 12.0 Å². The van der Waals surface area contributed by atoms with Crippen LogP contribution in [0.3, 0.4) is 0 Å². The standard InChI is InChI=1S/C14H21N3O3S/c1-16(2)21(19,20)15-13-10-14(18)17(11-13)9-8-12-6-4-3-5-7-12/h3-7,13,15H,8-11H2,1-2H3/t13-/m1/s1. The first-order valence-electron chi connectivity index (χ1n) is 6.90. The number of amides is 1. The molecule has 1 aliphatic rings. The minimum Gasteiger partial charge on any atom is -0.341 e. The minimum atomic E-state index is -3.49. The lowest BCUT2D eigenvalue weighted by Crippen LogP contribution is -2.43. The average molecular weight is 311 g/mol. The maximum Gasteiger partial charge on any atom is 0.279 e. The summed E-state index contributed by atoms with van der Waals surface area (Å²) in [4.78, 5) is 13.7. The highest BCUT2D eigenvalue weighted by Gasteiger charge is 2.32. The zero-order chi connectivity index (χ0) is 15.5. The van der Waals surface area contributed by atoms with Crippen LogP contribution in [0.5, 0.6) is 0 Å². The predicted octanol–water partition coefficient (Wildman–Crippen LogP) is 0.226. The van der Waals surface area contributed by atoms with Crippen LogP contribution in [0, 0.1) is 0 Å². The van der Waals surface area contributed by atoms with Gasteiger partial charge in [-0.1, -0.05) is 30.3 Å². The van der Waals surface area contributed by atoms with Crippen molar-refractivity contribution in [3.8, 4) is 0 Å². The van der Waals surface area contributed by atoms with Crippen LogP contribution in [-0.4, -0.2) is 56.8 Å². The van der Waals surface area contributed by atoms with E-state index in [1.54, 1.807) is 4.90 Å². The Kier molecular flexibility index (Phi) is 4.97. The van der Waals surface area contributed by atoms with Gasteiger partial charge in [-0.3, -0.25) is 4.79 Å². The summed E-state index contributed by atoms with van der Waals surface area (Å²) in [6.45, 7) is 1.04. The summed E-state index contributed by atoms with van der Waals surface area (Å²) < 4.78 is 27.2. The third kappa shape index (κ3) is 4.26. The van der Waals surface area contributed by atoms with Gasteiger partial charge in [0.25, 0.3) is 10.2 Å². The molecule has 0 unspecified atom stereocenters. The smallest absolute Gasteiger partial charge is 0.279 e. The number of hydrogen-bond acceptors (Lipinski definition) is 3. The highest BCUT2D eigenvalue weighted by molar-refractivity contribution is 7.87. The van der Waals surface area contributed by atoms with Gasteiger partial charge >= 0.3 is 0 Å². The van der Waals surface area contributed by atoms with Crippen molar-refractivity contribution >= 4 is 16.1 Å². The highest BCUT2D eigenvalue weighted by atomic mass is 32.2. The van der Waals surface area contributed by atoms with Gasteiger partial charge in [0.1, 0.15) is 0 Å². The van der Waals surface area contributed by atoms with E-state index in [-0.39, 0.29) is 18.4 Å². The van der Waals surface area contributed by atoms with E-state index < -0.39 is 10.2 Å². The molecule has 1 heterocycles. The van der Waals surface area contributed by atoms with Gasteiger partial charge < -0.3 is 4.90 Å². The summed E-state index contributed by atoms with van der Waals surface area (Å²) in [5.74, 6) is -0.00242. The van der Waals surface area contributed by atoms with Crippen LogP contribution in [-0.2, 0) is 21.4 Å². The van der Waals surface area contributed by atoms with E-state index in [1.165, 1.54) is 19.7 Å². The van der Waals surface area contributed by atoms with Gasteiger partial charge in [0.05, 0.1) is 0 Å². The molecular formula is C14H21N3O3S. The molecule has 0 radical (unpaired) electrons. The second kappa shape index (κ2) is 6.55. The summed E-state index contributed by atoms with van der Waals surface area (Å²) in [7, 11) is -0.562. The van der Waals surface area contributed by atoms with Crippen LogP contribution in [0.2, 0.25) is 0 Å². The summed E-state index contributed by atoms with van der Waals surface area (Å²) in [6, 6.07) is 9.58. The zero-order valence-corrected chi connectivity index (χ0v) is 13.1. The molecule has 0 saturated carbocycles. The largest absolute Gasteiger partial charge is 0.341 e. The second-order valence-corrected chi connectivity index (χ2v) is 7.30. The van der Waals surface area contributed by atoms with Gasteiger partial charge in [0.2, 0.25) is 5.91 Å². The molecule has 116 valence electrons. The van der Waals surface area contributed by atoms with Crippen molar-refractivity contribution in [3.63, 3.8) is 0 Å². The Morgan fingerprint density at radius 2 is 1.95 bits per heavy atom. The van der Waals surface area contributed by atoms with E-state index in [0.29, 0.717) is 13.1 Å². The van der Waals surface area contributed by atoms with Gasteiger partial charge in [-0.15, -0.1) is 0 Å². The Morgan fingerprint density at radius 3 is 2.57 bits per heavy atom. The van der Waals surface area contributed by atoms with E-state index in [2.05, 4.69) is 4.72 Å². The Balaban J connectivity index is 1.88. The van der Waals surface area contributed by atoms with E-state index in [1.807, 2.05) is 30.3 Å². The number of hydrogen-bond donors (Lipinski definition) is 1. The van der Waals surface area contributed by atoms with Crippen LogP contribution >= 0.6 is 0 Å². The molecule has 1 amide bonds. The average Bonchev–Trinajstić information content (AvgIpc) is 2.76.